The lowest BCUT2D eigenvalue weighted by molar-refractivity contribution is -0.134. The Hall–Kier alpha value is -2.02. The largest absolute Gasteiger partial charge is 0.484 e. The molecular weight excluding hydrogens is 252 g/mol. The maximum atomic E-state index is 12.1. The normalized spacial score (nSPS) is 15.8. The van der Waals surface area contributed by atoms with E-state index in [-0.39, 0.29) is 18.4 Å². The molecule has 0 bridgehead atoms. The van der Waals surface area contributed by atoms with Crippen LogP contribution in [0.4, 0.5) is 0 Å². The molecule has 0 unspecified atom stereocenters. The predicted octanol–water partition coefficient (Wildman–Crippen LogP) is 2.44. The zero-order chi connectivity index (χ0) is 14.5. The van der Waals surface area contributed by atoms with Gasteiger partial charge in [-0.2, -0.15) is 5.26 Å². The number of hydrogen-bond donors (Lipinski definition) is 0. The topological polar surface area (TPSA) is 53.3 Å². The standard InChI is InChI=1S/C16H20N2O2/c1-12-7-13(2)9-15(8-12)20-11-16(19)18-5-3-14(10-17)4-6-18/h7-9,14H,3-6,11H2,1-2H3. The van der Waals surface area contributed by atoms with Gasteiger partial charge in [0.05, 0.1) is 6.07 Å². The number of nitrogens with zero attached hydrogens (tertiary/aromatic N) is 2. The highest BCUT2D eigenvalue weighted by Gasteiger charge is 2.22. The highest BCUT2D eigenvalue weighted by molar-refractivity contribution is 5.77. The van der Waals surface area contributed by atoms with Crippen LogP contribution < -0.4 is 4.74 Å². The molecule has 4 nitrogen and oxygen atoms in total. The van der Waals surface area contributed by atoms with Crippen molar-refractivity contribution in [3.63, 3.8) is 0 Å². The Balaban J connectivity index is 1.85. The third-order valence-electron chi connectivity index (χ3n) is 3.59. The molecule has 1 aromatic rings. The first-order valence-corrected chi connectivity index (χ1v) is 6.97. The van der Waals surface area contributed by atoms with Crippen LogP contribution >= 0.6 is 0 Å². The van der Waals surface area contributed by atoms with E-state index < -0.39 is 0 Å². The maximum absolute atomic E-state index is 12.1. The first-order valence-electron chi connectivity index (χ1n) is 6.97. The summed E-state index contributed by atoms with van der Waals surface area (Å²) in [5.74, 6) is 0.836. The summed E-state index contributed by atoms with van der Waals surface area (Å²) in [7, 11) is 0. The van der Waals surface area contributed by atoms with E-state index in [1.54, 1.807) is 4.90 Å². The summed E-state index contributed by atoms with van der Waals surface area (Å²) in [5.41, 5.74) is 2.25. The van der Waals surface area contributed by atoms with Gasteiger partial charge in [0.25, 0.3) is 5.91 Å². The molecule has 1 aromatic carbocycles. The van der Waals surface area contributed by atoms with Gasteiger partial charge >= 0.3 is 0 Å². The summed E-state index contributed by atoms with van der Waals surface area (Å²) in [6.07, 6.45) is 1.54. The van der Waals surface area contributed by atoms with Crippen LogP contribution in [0.15, 0.2) is 18.2 Å². The predicted molar refractivity (Wildman–Crippen MR) is 76.3 cm³/mol. The summed E-state index contributed by atoms with van der Waals surface area (Å²) >= 11 is 0. The second kappa shape index (κ2) is 6.42. The third kappa shape index (κ3) is 3.74. The Morgan fingerprint density at radius 1 is 1.30 bits per heavy atom. The van der Waals surface area contributed by atoms with Gasteiger partial charge in [-0.3, -0.25) is 4.79 Å². The highest BCUT2D eigenvalue weighted by atomic mass is 16.5. The molecule has 1 fully saturated rings. The van der Waals surface area contributed by atoms with Gasteiger partial charge in [-0.15, -0.1) is 0 Å². The molecule has 1 heterocycles. The van der Waals surface area contributed by atoms with E-state index in [0.717, 1.165) is 29.7 Å². The average molecular weight is 272 g/mol. The molecule has 0 spiro atoms. The summed E-state index contributed by atoms with van der Waals surface area (Å²) in [6, 6.07) is 8.20. The second-order valence-electron chi connectivity index (χ2n) is 5.40. The molecule has 0 atom stereocenters. The smallest absolute Gasteiger partial charge is 0.260 e. The number of ether oxygens (including phenoxy) is 1. The van der Waals surface area contributed by atoms with Crippen LogP contribution in [0.25, 0.3) is 0 Å². The van der Waals surface area contributed by atoms with E-state index in [0.29, 0.717) is 13.1 Å². The fourth-order valence-electron chi connectivity index (χ4n) is 2.51. The van der Waals surface area contributed by atoms with Crippen molar-refractivity contribution in [2.45, 2.75) is 26.7 Å². The molecule has 4 heteroatoms. The van der Waals surface area contributed by atoms with E-state index >= 15 is 0 Å². The van der Waals surface area contributed by atoms with Crippen molar-refractivity contribution in [2.24, 2.45) is 5.92 Å². The number of benzene rings is 1. The van der Waals surface area contributed by atoms with Crippen molar-refractivity contribution in [3.8, 4) is 11.8 Å². The summed E-state index contributed by atoms with van der Waals surface area (Å²) in [4.78, 5) is 13.8. The fourth-order valence-corrected chi connectivity index (χ4v) is 2.51. The minimum absolute atomic E-state index is 0.000508. The van der Waals surface area contributed by atoms with E-state index in [2.05, 4.69) is 12.1 Å². The Bertz CT molecular complexity index is 506. The number of carbonyl (C=O) groups is 1. The van der Waals surface area contributed by atoms with Crippen LogP contribution in [0.2, 0.25) is 0 Å². The highest BCUT2D eigenvalue weighted by Crippen LogP contribution is 2.18. The molecular formula is C16H20N2O2. The molecule has 0 saturated carbocycles. The molecule has 0 aromatic heterocycles. The molecule has 1 saturated heterocycles. The van der Waals surface area contributed by atoms with E-state index in [4.69, 9.17) is 10.00 Å². The average Bonchev–Trinajstić information content (AvgIpc) is 2.44. The fraction of sp³-hybridized carbons (Fsp3) is 0.500. The molecule has 1 amide bonds. The number of likely N-dealkylation sites (tertiary alicyclic amines) is 1. The van der Waals surface area contributed by atoms with Crippen molar-refractivity contribution >= 4 is 5.91 Å². The maximum Gasteiger partial charge on any atom is 0.260 e. The Morgan fingerprint density at radius 3 is 2.45 bits per heavy atom. The number of aryl methyl sites for hydroxylation is 2. The molecule has 106 valence electrons. The lowest BCUT2D eigenvalue weighted by Gasteiger charge is -2.29. The van der Waals surface area contributed by atoms with Crippen molar-refractivity contribution < 1.29 is 9.53 Å². The summed E-state index contributed by atoms with van der Waals surface area (Å²) in [5, 5.41) is 8.84. The van der Waals surface area contributed by atoms with Crippen molar-refractivity contribution in [1.29, 1.82) is 5.26 Å². The van der Waals surface area contributed by atoms with Crippen LogP contribution in [-0.4, -0.2) is 30.5 Å². The molecule has 1 aliphatic rings. The van der Waals surface area contributed by atoms with Crippen LogP contribution in [0.1, 0.15) is 24.0 Å². The summed E-state index contributed by atoms with van der Waals surface area (Å²) < 4.78 is 5.58. The zero-order valence-corrected chi connectivity index (χ0v) is 12.1. The van der Waals surface area contributed by atoms with Crippen molar-refractivity contribution in [2.75, 3.05) is 19.7 Å². The molecule has 0 aliphatic carbocycles. The molecule has 20 heavy (non-hydrogen) atoms. The molecule has 0 radical (unpaired) electrons. The van der Waals surface area contributed by atoms with Gasteiger partial charge in [-0.05, 0) is 49.9 Å². The Kier molecular flexibility index (Phi) is 4.62. The van der Waals surface area contributed by atoms with Crippen LogP contribution in [0.5, 0.6) is 5.75 Å². The first kappa shape index (κ1) is 14.4. The van der Waals surface area contributed by atoms with Gasteiger partial charge in [0.15, 0.2) is 6.61 Å². The van der Waals surface area contributed by atoms with Gasteiger partial charge in [0, 0.05) is 19.0 Å². The van der Waals surface area contributed by atoms with E-state index in [9.17, 15) is 4.79 Å². The second-order valence-corrected chi connectivity index (χ2v) is 5.40. The summed E-state index contributed by atoms with van der Waals surface area (Å²) in [6.45, 7) is 5.41. The van der Waals surface area contributed by atoms with Crippen molar-refractivity contribution in [3.05, 3.63) is 29.3 Å². The molecule has 1 aliphatic heterocycles. The Morgan fingerprint density at radius 2 is 1.90 bits per heavy atom. The first-order chi connectivity index (χ1) is 9.58. The van der Waals surface area contributed by atoms with Gasteiger partial charge in [-0.1, -0.05) is 6.07 Å². The number of carbonyl (C=O) groups excluding carboxylic acids is 1. The lowest BCUT2D eigenvalue weighted by Crippen LogP contribution is -2.40. The number of hydrogen-bond acceptors (Lipinski definition) is 3. The molecule has 0 N–H and O–H groups in total. The van der Waals surface area contributed by atoms with Gasteiger partial charge in [0.2, 0.25) is 0 Å². The quantitative estimate of drug-likeness (QED) is 0.849. The van der Waals surface area contributed by atoms with Crippen LogP contribution in [0, 0.1) is 31.1 Å². The zero-order valence-electron chi connectivity index (χ0n) is 12.1. The SMILES string of the molecule is Cc1cc(C)cc(OCC(=O)N2CCC(C#N)CC2)c1. The minimum Gasteiger partial charge on any atom is -0.484 e. The number of rotatable bonds is 3. The number of piperidine rings is 1. The van der Waals surface area contributed by atoms with E-state index in [1.807, 2.05) is 26.0 Å². The van der Waals surface area contributed by atoms with Gasteiger partial charge in [0.1, 0.15) is 5.75 Å². The van der Waals surface area contributed by atoms with Gasteiger partial charge < -0.3 is 9.64 Å². The Labute approximate surface area is 120 Å². The minimum atomic E-state index is 0.000508. The van der Waals surface area contributed by atoms with E-state index in [1.165, 1.54) is 0 Å². The number of amides is 1. The van der Waals surface area contributed by atoms with Crippen molar-refractivity contribution in [1.82, 2.24) is 4.90 Å². The third-order valence-corrected chi connectivity index (χ3v) is 3.59. The van der Waals surface area contributed by atoms with Crippen LogP contribution in [0.3, 0.4) is 0 Å². The van der Waals surface area contributed by atoms with Crippen LogP contribution in [-0.2, 0) is 4.79 Å². The van der Waals surface area contributed by atoms with Gasteiger partial charge in [-0.25, -0.2) is 0 Å². The number of nitriles is 1. The molecule has 2 rings (SSSR count). The lowest BCUT2D eigenvalue weighted by atomic mass is 9.99. The monoisotopic (exact) mass is 272 g/mol.